The van der Waals surface area contributed by atoms with Crippen LogP contribution in [0.15, 0.2) is 22.7 Å². The molecule has 1 N–H and O–H groups in total. The number of nitrogens with one attached hydrogen (secondary N) is 1. The molecular weight excluding hydrogens is 299 g/mol. The van der Waals surface area contributed by atoms with Gasteiger partial charge in [0, 0.05) is 18.7 Å². The average Bonchev–Trinajstić information content (AvgIpc) is 2.78. The maximum Gasteiger partial charge on any atom is 0.165 e. The Morgan fingerprint density at radius 1 is 1.44 bits per heavy atom. The van der Waals surface area contributed by atoms with Gasteiger partial charge in [0.05, 0.1) is 10.5 Å². The molecule has 4 nitrogen and oxygen atoms in total. The van der Waals surface area contributed by atoms with E-state index < -0.39 is 0 Å². The van der Waals surface area contributed by atoms with Gasteiger partial charge in [0.1, 0.15) is 11.6 Å². The first-order valence-electron chi connectivity index (χ1n) is 5.79. The molecule has 1 aromatic carbocycles. The lowest BCUT2D eigenvalue weighted by Crippen LogP contribution is -2.32. The van der Waals surface area contributed by atoms with Crippen molar-refractivity contribution in [2.75, 3.05) is 6.54 Å². The normalized spacial score (nSPS) is 18.7. The van der Waals surface area contributed by atoms with E-state index in [1.807, 2.05) is 17.6 Å². The number of halogens is 2. The van der Waals surface area contributed by atoms with Gasteiger partial charge < -0.3 is 9.88 Å². The Morgan fingerprint density at radius 3 is 3.11 bits per heavy atom. The first kappa shape index (κ1) is 11.8. The minimum absolute atomic E-state index is 0.173. The number of rotatable bonds is 1. The summed E-state index contributed by atoms with van der Waals surface area (Å²) < 4.78 is 16.0. The van der Waals surface area contributed by atoms with Gasteiger partial charge in [-0.3, -0.25) is 0 Å². The van der Waals surface area contributed by atoms with Gasteiger partial charge in [0.15, 0.2) is 5.82 Å². The number of hydrogen-bond acceptors (Lipinski definition) is 3. The van der Waals surface area contributed by atoms with Crippen LogP contribution in [0.1, 0.15) is 18.8 Å². The van der Waals surface area contributed by atoms with Crippen molar-refractivity contribution < 1.29 is 4.39 Å². The lowest BCUT2D eigenvalue weighted by Gasteiger charge is -2.22. The maximum absolute atomic E-state index is 13.6. The highest BCUT2D eigenvalue weighted by Gasteiger charge is 2.23. The fourth-order valence-electron chi connectivity index (χ4n) is 2.22. The van der Waals surface area contributed by atoms with Crippen molar-refractivity contribution in [1.82, 2.24) is 20.1 Å². The van der Waals surface area contributed by atoms with Gasteiger partial charge in [0.2, 0.25) is 0 Å². The van der Waals surface area contributed by atoms with Crippen molar-refractivity contribution >= 4 is 15.9 Å². The smallest absolute Gasteiger partial charge is 0.165 e. The highest BCUT2D eigenvalue weighted by atomic mass is 79.9. The van der Waals surface area contributed by atoms with E-state index in [-0.39, 0.29) is 11.9 Å². The van der Waals surface area contributed by atoms with Crippen LogP contribution in [-0.2, 0) is 6.54 Å². The second-order valence-corrected chi connectivity index (χ2v) is 5.10. The first-order chi connectivity index (χ1) is 8.68. The summed E-state index contributed by atoms with van der Waals surface area (Å²) in [7, 11) is 0. The third kappa shape index (κ3) is 1.76. The Morgan fingerprint density at radius 2 is 2.28 bits per heavy atom. The summed E-state index contributed by atoms with van der Waals surface area (Å²) >= 11 is 3.27. The summed E-state index contributed by atoms with van der Waals surface area (Å²) in [5, 5.41) is 11.7. The zero-order chi connectivity index (χ0) is 12.7. The van der Waals surface area contributed by atoms with Crippen LogP contribution >= 0.6 is 15.9 Å². The Hall–Kier alpha value is -1.27. The molecule has 18 heavy (non-hydrogen) atoms. The van der Waals surface area contributed by atoms with Crippen LogP contribution in [0.2, 0.25) is 0 Å². The van der Waals surface area contributed by atoms with Crippen molar-refractivity contribution in [1.29, 1.82) is 0 Å². The lowest BCUT2D eigenvalue weighted by molar-refractivity contribution is 0.439. The van der Waals surface area contributed by atoms with E-state index in [4.69, 9.17) is 0 Å². The molecule has 1 aromatic heterocycles. The number of fused-ring (bicyclic) bond motifs is 1. The van der Waals surface area contributed by atoms with E-state index in [2.05, 4.69) is 31.4 Å². The largest absolute Gasteiger partial charge is 0.308 e. The molecule has 3 rings (SSSR count). The Kier molecular flexibility index (Phi) is 2.91. The molecule has 0 spiro atoms. The maximum atomic E-state index is 13.6. The van der Waals surface area contributed by atoms with Crippen molar-refractivity contribution in [2.45, 2.75) is 19.5 Å². The fourth-order valence-corrected chi connectivity index (χ4v) is 2.66. The summed E-state index contributed by atoms with van der Waals surface area (Å²) in [5.74, 6) is 1.32. The van der Waals surface area contributed by atoms with Gasteiger partial charge in [-0.1, -0.05) is 6.07 Å². The zero-order valence-electron chi connectivity index (χ0n) is 9.82. The molecule has 2 heterocycles. The second kappa shape index (κ2) is 4.44. The van der Waals surface area contributed by atoms with Crippen molar-refractivity contribution in [3.8, 4) is 11.4 Å². The van der Waals surface area contributed by atoms with Gasteiger partial charge in [-0.15, -0.1) is 10.2 Å². The summed E-state index contributed by atoms with van der Waals surface area (Å²) in [5.41, 5.74) is 0.739. The second-order valence-electron chi connectivity index (χ2n) is 4.31. The molecule has 0 amide bonds. The van der Waals surface area contributed by atoms with Gasteiger partial charge in [0.25, 0.3) is 0 Å². The lowest BCUT2D eigenvalue weighted by atomic mass is 10.2. The van der Waals surface area contributed by atoms with Gasteiger partial charge in [-0.25, -0.2) is 4.39 Å². The highest BCUT2D eigenvalue weighted by Crippen LogP contribution is 2.31. The van der Waals surface area contributed by atoms with Gasteiger partial charge >= 0.3 is 0 Å². The van der Waals surface area contributed by atoms with Crippen molar-refractivity contribution in [3.05, 3.63) is 34.3 Å². The molecule has 0 bridgehead atoms. The number of nitrogens with zero attached hydrogens (tertiary/aromatic N) is 3. The molecule has 2 aromatic rings. The van der Waals surface area contributed by atoms with Crippen molar-refractivity contribution in [2.24, 2.45) is 0 Å². The fraction of sp³-hybridized carbons (Fsp3) is 0.333. The topological polar surface area (TPSA) is 42.7 Å². The first-order valence-corrected chi connectivity index (χ1v) is 6.58. The zero-order valence-corrected chi connectivity index (χ0v) is 11.4. The van der Waals surface area contributed by atoms with Crippen LogP contribution in [0.3, 0.4) is 0 Å². The van der Waals surface area contributed by atoms with E-state index in [0.29, 0.717) is 10.3 Å². The predicted molar refractivity (Wildman–Crippen MR) is 69.5 cm³/mol. The van der Waals surface area contributed by atoms with Crippen LogP contribution in [0.4, 0.5) is 4.39 Å². The summed E-state index contributed by atoms with van der Waals surface area (Å²) in [6.07, 6.45) is 0. The van der Waals surface area contributed by atoms with E-state index in [1.165, 1.54) is 6.07 Å². The third-order valence-corrected chi connectivity index (χ3v) is 3.95. The van der Waals surface area contributed by atoms with Crippen LogP contribution in [0.5, 0.6) is 0 Å². The third-order valence-electron chi connectivity index (χ3n) is 3.15. The van der Waals surface area contributed by atoms with E-state index >= 15 is 0 Å². The quantitative estimate of drug-likeness (QED) is 0.880. The Labute approximate surface area is 112 Å². The minimum Gasteiger partial charge on any atom is -0.308 e. The summed E-state index contributed by atoms with van der Waals surface area (Å²) in [4.78, 5) is 0. The molecule has 1 aliphatic heterocycles. The number of benzene rings is 1. The molecule has 94 valence electrons. The van der Waals surface area contributed by atoms with Crippen LogP contribution in [0.25, 0.3) is 11.4 Å². The molecule has 1 atom stereocenters. The van der Waals surface area contributed by atoms with Crippen LogP contribution in [0, 0.1) is 5.82 Å². The summed E-state index contributed by atoms with van der Waals surface area (Å²) in [6, 6.07) is 5.12. The Bertz CT molecular complexity index is 596. The molecular formula is C12H12BrFN4. The molecule has 1 unspecified atom stereocenters. The highest BCUT2D eigenvalue weighted by molar-refractivity contribution is 9.10. The number of hydrogen-bond donors (Lipinski definition) is 1. The standard InChI is InChI=1S/C12H12BrFN4/c1-7-11-16-17-12(18(11)6-5-15-7)8-3-2-4-9(14)10(8)13/h2-4,7,15H,5-6H2,1H3. The predicted octanol–water partition coefficient (Wildman–Crippen LogP) is 2.51. The van der Waals surface area contributed by atoms with E-state index in [9.17, 15) is 4.39 Å². The average molecular weight is 311 g/mol. The molecule has 6 heteroatoms. The molecule has 0 saturated heterocycles. The molecule has 0 aliphatic carbocycles. The molecule has 1 aliphatic rings. The van der Waals surface area contributed by atoms with E-state index in [0.717, 1.165) is 24.5 Å². The molecule has 0 fully saturated rings. The van der Waals surface area contributed by atoms with Crippen molar-refractivity contribution in [3.63, 3.8) is 0 Å². The molecule has 0 saturated carbocycles. The molecule has 0 radical (unpaired) electrons. The van der Waals surface area contributed by atoms with Gasteiger partial charge in [-0.2, -0.15) is 0 Å². The van der Waals surface area contributed by atoms with Crippen LogP contribution in [-0.4, -0.2) is 21.3 Å². The minimum atomic E-state index is -0.285. The number of aromatic nitrogens is 3. The monoisotopic (exact) mass is 310 g/mol. The van der Waals surface area contributed by atoms with Gasteiger partial charge in [-0.05, 0) is 35.0 Å². The Balaban J connectivity index is 2.16. The summed E-state index contributed by atoms with van der Waals surface area (Å²) in [6.45, 7) is 3.71. The SMILES string of the molecule is CC1NCCn2c(-c3cccc(F)c3Br)nnc21. The van der Waals surface area contributed by atoms with Crippen LogP contribution < -0.4 is 5.32 Å². The van der Waals surface area contributed by atoms with E-state index in [1.54, 1.807) is 6.07 Å².